The molecule has 0 aliphatic rings. The van der Waals surface area contributed by atoms with Gasteiger partial charge in [-0.25, -0.2) is 9.78 Å². The van der Waals surface area contributed by atoms with Crippen LogP contribution in [-0.2, 0) is 6.54 Å². The minimum atomic E-state index is -1.01. The van der Waals surface area contributed by atoms with Gasteiger partial charge in [-0.15, -0.1) is 0 Å². The average molecular weight is 277 g/mol. The van der Waals surface area contributed by atoms with E-state index in [1.165, 1.54) is 6.07 Å². The van der Waals surface area contributed by atoms with Crippen LogP contribution in [0.2, 0.25) is 0 Å². The van der Waals surface area contributed by atoms with Gasteiger partial charge in [-0.05, 0) is 19.9 Å². The van der Waals surface area contributed by atoms with Crippen LogP contribution < -0.4 is 10.1 Å². The van der Waals surface area contributed by atoms with E-state index in [-0.39, 0.29) is 5.56 Å². The van der Waals surface area contributed by atoms with Crippen LogP contribution in [0.25, 0.3) is 0 Å². The van der Waals surface area contributed by atoms with E-state index in [9.17, 15) is 4.79 Å². The molecule has 0 saturated carbocycles. The highest BCUT2D eigenvalue weighted by Gasteiger charge is 2.13. The molecular weight excluding hydrogens is 262 g/mol. The van der Waals surface area contributed by atoms with Crippen molar-refractivity contribution in [3.05, 3.63) is 35.4 Å². The van der Waals surface area contributed by atoms with Crippen LogP contribution >= 0.6 is 0 Å². The lowest BCUT2D eigenvalue weighted by atomic mass is 10.2. The lowest BCUT2D eigenvalue weighted by molar-refractivity contribution is 0.0695. The van der Waals surface area contributed by atoms with Crippen molar-refractivity contribution in [3.63, 3.8) is 0 Å². The molecular formula is C13H15N3O4. The van der Waals surface area contributed by atoms with Crippen molar-refractivity contribution in [1.82, 2.24) is 9.97 Å². The van der Waals surface area contributed by atoms with E-state index in [0.717, 1.165) is 0 Å². The molecule has 2 aromatic rings. The summed E-state index contributed by atoms with van der Waals surface area (Å²) in [7, 11) is 0. The fourth-order valence-corrected chi connectivity index (χ4v) is 1.66. The van der Waals surface area contributed by atoms with Gasteiger partial charge in [0, 0.05) is 12.3 Å². The number of anilines is 1. The Hall–Kier alpha value is -2.57. The number of hydrogen-bond donors (Lipinski definition) is 2. The van der Waals surface area contributed by atoms with Crippen molar-refractivity contribution in [2.45, 2.75) is 20.4 Å². The van der Waals surface area contributed by atoms with E-state index < -0.39 is 5.97 Å². The Kier molecular flexibility index (Phi) is 4.19. The van der Waals surface area contributed by atoms with Crippen LogP contribution in [-0.4, -0.2) is 27.7 Å². The Balaban J connectivity index is 2.03. The van der Waals surface area contributed by atoms with Gasteiger partial charge < -0.3 is 19.6 Å². The molecule has 106 valence electrons. The van der Waals surface area contributed by atoms with Crippen molar-refractivity contribution in [2.75, 3.05) is 11.9 Å². The van der Waals surface area contributed by atoms with Gasteiger partial charge in [-0.2, -0.15) is 4.98 Å². The van der Waals surface area contributed by atoms with E-state index in [1.54, 1.807) is 19.2 Å². The molecule has 20 heavy (non-hydrogen) atoms. The first-order valence-corrected chi connectivity index (χ1v) is 6.12. The summed E-state index contributed by atoms with van der Waals surface area (Å²) in [6.07, 6.45) is 1.58. The number of furan rings is 1. The van der Waals surface area contributed by atoms with Gasteiger partial charge in [0.15, 0.2) is 0 Å². The Morgan fingerprint density at radius 1 is 1.55 bits per heavy atom. The number of hydrogen-bond acceptors (Lipinski definition) is 6. The second-order valence-electron chi connectivity index (χ2n) is 3.99. The first-order valence-electron chi connectivity index (χ1n) is 6.12. The van der Waals surface area contributed by atoms with Gasteiger partial charge >= 0.3 is 5.97 Å². The maximum atomic E-state index is 10.9. The number of aryl methyl sites for hydroxylation is 1. The predicted molar refractivity (Wildman–Crippen MR) is 70.9 cm³/mol. The molecule has 0 aliphatic heterocycles. The monoisotopic (exact) mass is 277 g/mol. The highest BCUT2D eigenvalue weighted by molar-refractivity contribution is 5.88. The molecule has 0 unspecified atom stereocenters. The number of carboxylic acids is 1. The summed E-state index contributed by atoms with van der Waals surface area (Å²) >= 11 is 0. The number of aromatic carboxylic acids is 1. The van der Waals surface area contributed by atoms with Crippen molar-refractivity contribution in [3.8, 4) is 5.88 Å². The van der Waals surface area contributed by atoms with Gasteiger partial charge in [0.1, 0.15) is 17.1 Å². The molecule has 7 heteroatoms. The molecule has 0 fully saturated rings. The molecule has 0 amide bonds. The zero-order chi connectivity index (χ0) is 14.5. The number of carbonyl (C=O) groups is 1. The number of nitrogens with zero attached hydrogens (tertiary/aromatic N) is 2. The maximum absolute atomic E-state index is 10.9. The fraction of sp³-hybridized carbons (Fsp3) is 0.308. The minimum absolute atomic E-state index is 0.158. The molecule has 7 nitrogen and oxygen atoms in total. The van der Waals surface area contributed by atoms with Gasteiger partial charge in [-0.1, -0.05) is 0 Å². The van der Waals surface area contributed by atoms with Gasteiger partial charge in [0.2, 0.25) is 11.8 Å². The van der Waals surface area contributed by atoms with Crippen molar-refractivity contribution in [1.29, 1.82) is 0 Å². The molecule has 0 radical (unpaired) electrons. The first kappa shape index (κ1) is 13.9. The zero-order valence-electron chi connectivity index (χ0n) is 11.2. The standard InChI is InChI=1S/C13H15N3O4/c1-3-19-11-4-5-14-13(16-11)15-7-9-6-10(12(17)18)8(2)20-9/h4-6H,3,7H2,1-2H3,(H,17,18)(H,14,15,16). The Bertz CT molecular complexity index is 609. The van der Waals surface area contributed by atoms with E-state index >= 15 is 0 Å². The summed E-state index contributed by atoms with van der Waals surface area (Å²) in [6, 6.07) is 3.14. The summed E-state index contributed by atoms with van der Waals surface area (Å²) in [4.78, 5) is 19.1. The summed E-state index contributed by atoms with van der Waals surface area (Å²) in [5, 5.41) is 11.9. The van der Waals surface area contributed by atoms with Gasteiger partial charge in [0.25, 0.3) is 0 Å². The largest absolute Gasteiger partial charge is 0.478 e. The van der Waals surface area contributed by atoms with Crippen LogP contribution in [0.5, 0.6) is 5.88 Å². The third-order valence-electron chi connectivity index (χ3n) is 2.54. The number of nitrogens with one attached hydrogen (secondary N) is 1. The number of carboxylic acid groups (broad SMARTS) is 1. The molecule has 0 atom stereocenters. The minimum Gasteiger partial charge on any atom is -0.478 e. The molecule has 0 spiro atoms. The highest BCUT2D eigenvalue weighted by atomic mass is 16.5. The van der Waals surface area contributed by atoms with Gasteiger partial charge in [-0.3, -0.25) is 0 Å². The highest BCUT2D eigenvalue weighted by Crippen LogP contribution is 2.16. The SMILES string of the molecule is CCOc1ccnc(NCc2cc(C(=O)O)c(C)o2)n1. The van der Waals surface area contributed by atoms with Crippen molar-refractivity contribution < 1.29 is 19.1 Å². The van der Waals surface area contributed by atoms with Crippen LogP contribution in [0.3, 0.4) is 0 Å². The molecule has 0 aromatic carbocycles. The molecule has 2 rings (SSSR count). The third-order valence-corrected chi connectivity index (χ3v) is 2.54. The number of rotatable bonds is 6. The fourth-order valence-electron chi connectivity index (χ4n) is 1.66. The maximum Gasteiger partial charge on any atom is 0.339 e. The van der Waals surface area contributed by atoms with Gasteiger partial charge in [0.05, 0.1) is 13.2 Å². The topological polar surface area (TPSA) is 97.5 Å². The molecule has 2 N–H and O–H groups in total. The second-order valence-corrected chi connectivity index (χ2v) is 3.99. The van der Waals surface area contributed by atoms with E-state index in [1.807, 2.05) is 6.92 Å². The van der Waals surface area contributed by atoms with E-state index in [0.29, 0.717) is 36.5 Å². The smallest absolute Gasteiger partial charge is 0.339 e. The Morgan fingerprint density at radius 3 is 3.00 bits per heavy atom. The number of aromatic nitrogens is 2. The molecule has 2 aromatic heterocycles. The lowest BCUT2D eigenvalue weighted by Gasteiger charge is -2.05. The van der Waals surface area contributed by atoms with Crippen molar-refractivity contribution >= 4 is 11.9 Å². The third kappa shape index (κ3) is 3.25. The zero-order valence-corrected chi connectivity index (χ0v) is 11.2. The summed E-state index contributed by atoms with van der Waals surface area (Å²) < 4.78 is 10.6. The Labute approximate surface area is 115 Å². The molecule has 0 bridgehead atoms. The van der Waals surface area contributed by atoms with E-state index in [4.69, 9.17) is 14.3 Å². The van der Waals surface area contributed by atoms with Crippen LogP contribution in [0.1, 0.15) is 28.8 Å². The number of ether oxygens (including phenoxy) is 1. The quantitative estimate of drug-likeness (QED) is 0.834. The summed E-state index contributed by atoms with van der Waals surface area (Å²) in [6.45, 7) is 4.30. The molecule has 0 aliphatic carbocycles. The van der Waals surface area contributed by atoms with E-state index in [2.05, 4.69) is 15.3 Å². The normalized spacial score (nSPS) is 10.3. The average Bonchev–Trinajstić information content (AvgIpc) is 2.79. The van der Waals surface area contributed by atoms with Crippen molar-refractivity contribution in [2.24, 2.45) is 0 Å². The lowest BCUT2D eigenvalue weighted by Crippen LogP contribution is -2.04. The molecule has 0 saturated heterocycles. The second kappa shape index (κ2) is 6.05. The van der Waals surface area contributed by atoms with Crippen LogP contribution in [0.15, 0.2) is 22.7 Å². The summed E-state index contributed by atoms with van der Waals surface area (Å²) in [5.74, 6) is 0.740. The Morgan fingerprint density at radius 2 is 2.35 bits per heavy atom. The first-order chi connectivity index (χ1) is 9.60. The summed E-state index contributed by atoms with van der Waals surface area (Å²) in [5.41, 5.74) is 0.158. The van der Waals surface area contributed by atoms with Crippen LogP contribution in [0, 0.1) is 6.92 Å². The molecule has 2 heterocycles. The predicted octanol–water partition coefficient (Wildman–Crippen LogP) is 2.09. The van der Waals surface area contributed by atoms with Crippen LogP contribution in [0.4, 0.5) is 5.95 Å².